The summed E-state index contributed by atoms with van der Waals surface area (Å²) in [6, 6.07) is 8.19. The summed E-state index contributed by atoms with van der Waals surface area (Å²) in [4.78, 5) is 13.8. The normalized spacial score (nSPS) is 10.2. The Balaban J connectivity index is 2.74. The molecule has 0 heterocycles. The first kappa shape index (κ1) is 14.5. The molecule has 18 heavy (non-hydrogen) atoms. The van der Waals surface area contributed by atoms with Gasteiger partial charge in [0, 0.05) is 18.8 Å². The maximum absolute atomic E-state index is 11.7. The van der Waals surface area contributed by atoms with E-state index in [9.17, 15) is 4.79 Å². The van der Waals surface area contributed by atoms with E-state index >= 15 is 0 Å². The van der Waals surface area contributed by atoms with Crippen LogP contribution in [0.25, 0.3) is 0 Å². The van der Waals surface area contributed by atoms with E-state index in [1.165, 1.54) is 5.56 Å². The van der Waals surface area contributed by atoms with Crippen LogP contribution in [-0.2, 0) is 4.79 Å². The lowest BCUT2D eigenvalue weighted by Crippen LogP contribution is -2.38. The number of amides is 1. The monoisotopic (exact) mass is 249 g/mol. The third-order valence-corrected chi connectivity index (χ3v) is 2.71. The van der Waals surface area contributed by atoms with Gasteiger partial charge in [0.15, 0.2) is 0 Å². The molecule has 0 spiro atoms. The van der Waals surface area contributed by atoms with Gasteiger partial charge in [0.2, 0.25) is 5.91 Å². The van der Waals surface area contributed by atoms with E-state index in [0.717, 1.165) is 18.7 Å². The summed E-state index contributed by atoms with van der Waals surface area (Å²) in [5, 5.41) is 2.82. The van der Waals surface area contributed by atoms with Gasteiger partial charge in [-0.1, -0.05) is 12.1 Å². The lowest BCUT2D eigenvalue weighted by Gasteiger charge is -2.24. The SMILES string of the molecule is CCNC(=O)CN(CCCN)c1cccc(C)c1. The van der Waals surface area contributed by atoms with Crippen molar-refractivity contribution in [1.82, 2.24) is 5.32 Å². The first-order chi connectivity index (χ1) is 8.67. The van der Waals surface area contributed by atoms with Crippen LogP contribution in [-0.4, -0.2) is 32.1 Å². The molecule has 0 aliphatic heterocycles. The number of aryl methyl sites for hydroxylation is 1. The minimum Gasteiger partial charge on any atom is -0.362 e. The van der Waals surface area contributed by atoms with Crippen molar-refractivity contribution in [2.45, 2.75) is 20.3 Å². The van der Waals surface area contributed by atoms with Crippen molar-refractivity contribution < 1.29 is 4.79 Å². The summed E-state index contributed by atoms with van der Waals surface area (Å²) in [6.07, 6.45) is 0.882. The van der Waals surface area contributed by atoms with E-state index in [4.69, 9.17) is 5.73 Å². The number of nitrogens with zero attached hydrogens (tertiary/aromatic N) is 1. The molecule has 0 radical (unpaired) electrons. The van der Waals surface area contributed by atoms with Crippen molar-refractivity contribution in [1.29, 1.82) is 0 Å². The van der Waals surface area contributed by atoms with Crippen molar-refractivity contribution in [2.75, 3.05) is 31.1 Å². The Morgan fingerprint density at radius 2 is 2.22 bits per heavy atom. The molecule has 1 amide bonds. The Bertz CT molecular complexity index is 379. The van der Waals surface area contributed by atoms with E-state index in [-0.39, 0.29) is 5.91 Å². The topological polar surface area (TPSA) is 58.4 Å². The molecule has 1 aromatic rings. The van der Waals surface area contributed by atoms with Crippen molar-refractivity contribution in [2.24, 2.45) is 5.73 Å². The summed E-state index contributed by atoms with van der Waals surface area (Å²) in [5.41, 5.74) is 7.82. The Kier molecular flexibility index (Phi) is 6.22. The van der Waals surface area contributed by atoms with Gasteiger partial charge in [-0.15, -0.1) is 0 Å². The highest BCUT2D eigenvalue weighted by atomic mass is 16.2. The summed E-state index contributed by atoms with van der Waals surface area (Å²) in [6.45, 7) is 6.47. The van der Waals surface area contributed by atoms with Crippen LogP contribution in [0.4, 0.5) is 5.69 Å². The van der Waals surface area contributed by atoms with Crippen LogP contribution in [0.3, 0.4) is 0 Å². The molecule has 0 saturated carbocycles. The second-order valence-electron chi connectivity index (χ2n) is 4.36. The Labute approximate surface area is 109 Å². The van der Waals surface area contributed by atoms with Crippen LogP contribution in [0, 0.1) is 6.92 Å². The zero-order valence-corrected chi connectivity index (χ0v) is 11.3. The second-order valence-corrected chi connectivity index (χ2v) is 4.36. The number of nitrogens with two attached hydrogens (primary N) is 1. The number of hydrogen-bond donors (Lipinski definition) is 2. The number of carbonyl (C=O) groups is 1. The highest BCUT2D eigenvalue weighted by molar-refractivity contribution is 5.81. The average Bonchev–Trinajstić information content (AvgIpc) is 2.34. The van der Waals surface area contributed by atoms with Gasteiger partial charge in [0.25, 0.3) is 0 Å². The summed E-state index contributed by atoms with van der Waals surface area (Å²) in [5.74, 6) is 0.0519. The lowest BCUT2D eigenvalue weighted by molar-refractivity contribution is -0.119. The Morgan fingerprint density at radius 3 is 2.83 bits per heavy atom. The van der Waals surface area contributed by atoms with Crippen molar-refractivity contribution in [3.05, 3.63) is 29.8 Å². The van der Waals surface area contributed by atoms with Crippen LogP contribution in [0.15, 0.2) is 24.3 Å². The van der Waals surface area contributed by atoms with Gasteiger partial charge in [-0.05, 0) is 44.5 Å². The molecule has 3 N–H and O–H groups in total. The second kappa shape index (κ2) is 7.71. The minimum absolute atomic E-state index is 0.0519. The van der Waals surface area contributed by atoms with Crippen molar-refractivity contribution >= 4 is 11.6 Å². The molecule has 0 fully saturated rings. The molecular weight excluding hydrogens is 226 g/mol. The van der Waals surface area contributed by atoms with E-state index in [2.05, 4.69) is 29.3 Å². The predicted octanol–water partition coefficient (Wildman–Crippen LogP) is 1.29. The fraction of sp³-hybridized carbons (Fsp3) is 0.500. The third kappa shape index (κ3) is 4.75. The number of likely N-dealkylation sites (N-methyl/N-ethyl adjacent to an activating group) is 1. The lowest BCUT2D eigenvalue weighted by atomic mass is 10.2. The maximum Gasteiger partial charge on any atom is 0.239 e. The Hall–Kier alpha value is -1.55. The van der Waals surface area contributed by atoms with Gasteiger partial charge in [0.1, 0.15) is 0 Å². The Morgan fingerprint density at radius 1 is 1.44 bits per heavy atom. The molecule has 0 atom stereocenters. The molecule has 0 unspecified atom stereocenters. The molecular formula is C14H23N3O. The molecule has 0 aliphatic rings. The number of hydrogen-bond acceptors (Lipinski definition) is 3. The summed E-state index contributed by atoms with van der Waals surface area (Å²) >= 11 is 0. The number of benzene rings is 1. The fourth-order valence-electron chi connectivity index (χ4n) is 1.83. The number of carbonyl (C=O) groups excluding carboxylic acids is 1. The van der Waals surface area contributed by atoms with E-state index in [1.54, 1.807) is 0 Å². The van der Waals surface area contributed by atoms with Gasteiger partial charge in [-0.25, -0.2) is 0 Å². The zero-order chi connectivity index (χ0) is 13.4. The van der Waals surface area contributed by atoms with Crippen molar-refractivity contribution in [3.63, 3.8) is 0 Å². The molecule has 4 nitrogen and oxygen atoms in total. The van der Waals surface area contributed by atoms with Gasteiger partial charge in [-0.3, -0.25) is 4.79 Å². The van der Waals surface area contributed by atoms with Crippen LogP contribution in [0.5, 0.6) is 0 Å². The molecule has 1 aromatic carbocycles. The van der Waals surface area contributed by atoms with Crippen LogP contribution >= 0.6 is 0 Å². The molecule has 0 bridgehead atoms. The van der Waals surface area contributed by atoms with E-state index in [1.807, 2.05) is 19.1 Å². The molecule has 4 heteroatoms. The highest BCUT2D eigenvalue weighted by Crippen LogP contribution is 2.15. The van der Waals surface area contributed by atoms with Gasteiger partial charge >= 0.3 is 0 Å². The van der Waals surface area contributed by atoms with Gasteiger partial charge in [-0.2, -0.15) is 0 Å². The van der Waals surface area contributed by atoms with E-state index < -0.39 is 0 Å². The number of anilines is 1. The largest absolute Gasteiger partial charge is 0.362 e. The summed E-state index contributed by atoms with van der Waals surface area (Å²) in [7, 11) is 0. The predicted molar refractivity (Wildman–Crippen MR) is 75.7 cm³/mol. The number of rotatable bonds is 7. The molecule has 100 valence electrons. The van der Waals surface area contributed by atoms with Crippen LogP contribution in [0.1, 0.15) is 18.9 Å². The smallest absolute Gasteiger partial charge is 0.239 e. The van der Waals surface area contributed by atoms with Crippen LogP contribution in [0.2, 0.25) is 0 Å². The summed E-state index contributed by atoms with van der Waals surface area (Å²) < 4.78 is 0. The molecule has 0 aromatic heterocycles. The highest BCUT2D eigenvalue weighted by Gasteiger charge is 2.10. The third-order valence-electron chi connectivity index (χ3n) is 2.71. The standard InChI is InChI=1S/C14H23N3O/c1-3-16-14(18)11-17(9-5-8-15)13-7-4-6-12(2)10-13/h4,6-7,10H,3,5,8-9,11,15H2,1-2H3,(H,16,18). The maximum atomic E-state index is 11.7. The quantitative estimate of drug-likeness (QED) is 0.765. The zero-order valence-electron chi connectivity index (χ0n) is 11.3. The van der Waals surface area contributed by atoms with Crippen LogP contribution < -0.4 is 16.0 Å². The minimum atomic E-state index is 0.0519. The number of nitrogens with one attached hydrogen (secondary N) is 1. The van der Waals surface area contributed by atoms with Crippen molar-refractivity contribution in [3.8, 4) is 0 Å². The van der Waals surface area contributed by atoms with E-state index in [0.29, 0.717) is 19.6 Å². The van der Waals surface area contributed by atoms with Gasteiger partial charge in [0.05, 0.1) is 6.54 Å². The molecule has 0 saturated heterocycles. The first-order valence-corrected chi connectivity index (χ1v) is 6.45. The molecule has 1 rings (SSSR count). The fourth-order valence-corrected chi connectivity index (χ4v) is 1.83. The molecule has 0 aliphatic carbocycles. The first-order valence-electron chi connectivity index (χ1n) is 6.45. The average molecular weight is 249 g/mol. The van der Waals surface area contributed by atoms with Gasteiger partial charge < -0.3 is 16.0 Å².